The first kappa shape index (κ1) is 21.1. The smallest absolute Gasteiger partial charge is 0.316 e. The summed E-state index contributed by atoms with van der Waals surface area (Å²) in [7, 11) is 0. The Morgan fingerprint density at radius 1 is 1.09 bits per heavy atom. The summed E-state index contributed by atoms with van der Waals surface area (Å²) in [6.45, 7) is 6.10. The molecule has 170 valence electrons. The summed E-state index contributed by atoms with van der Waals surface area (Å²) in [5, 5.41) is 7.71. The number of aryl methyl sites for hydroxylation is 1. The predicted molar refractivity (Wildman–Crippen MR) is 122 cm³/mol. The van der Waals surface area contributed by atoms with Crippen molar-refractivity contribution in [3.8, 4) is 11.6 Å². The summed E-state index contributed by atoms with van der Waals surface area (Å²) in [5.74, 6) is 0.0153. The summed E-state index contributed by atoms with van der Waals surface area (Å²) in [6.07, 6.45) is 0. The molecule has 0 atom stereocenters. The van der Waals surface area contributed by atoms with Crippen molar-refractivity contribution in [1.82, 2.24) is 20.4 Å². The molecule has 0 radical (unpaired) electrons. The van der Waals surface area contributed by atoms with Crippen molar-refractivity contribution in [3.05, 3.63) is 65.8 Å². The van der Waals surface area contributed by atoms with Crippen LogP contribution in [0, 0.1) is 12.7 Å². The van der Waals surface area contributed by atoms with Crippen LogP contribution in [-0.2, 0) is 0 Å². The van der Waals surface area contributed by atoms with Gasteiger partial charge in [0.05, 0.1) is 5.69 Å². The number of nitrogens with zero attached hydrogens (tertiary/aromatic N) is 4. The van der Waals surface area contributed by atoms with E-state index in [1.165, 1.54) is 6.07 Å². The second-order valence-corrected chi connectivity index (χ2v) is 8.01. The number of rotatable bonds is 6. The molecule has 0 aliphatic carbocycles. The van der Waals surface area contributed by atoms with Gasteiger partial charge >= 0.3 is 11.8 Å². The average Bonchev–Trinajstić information content (AvgIpc) is 3.45. The van der Waals surface area contributed by atoms with Gasteiger partial charge in [0.25, 0.3) is 0 Å². The third-order valence-electron chi connectivity index (χ3n) is 5.95. The van der Waals surface area contributed by atoms with E-state index in [1.54, 1.807) is 12.1 Å². The number of nitrogens with one attached hydrogen (secondary N) is 1. The molecule has 0 bridgehead atoms. The molecule has 1 aliphatic rings. The Balaban J connectivity index is 1.13. The fraction of sp³-hybridized carbons (Fsp3) is 0.292. The number of halogens is 1. The standard InChI is InChI=1S/C24H24FN5O3/c1-16-17-6-2-5-9-20(17)32-21(16)22-27-24(33-28-22)23(31)26-10-11-29-12-14-30(15-13-29)19-8-4-3-7-18(19)25/h2-9H,10-15H2,1H3,(H,26,31). The second-order valence-electron chi connectivity index (χ2n) is 8.01. The summed E-state index contributed by atoms with van der Waals surface area (Å²) in [5.41, 5.74) is 2.26. The van der Waals surface area contributed by atoms with Crippen LogP contribution in [0.3, 0.4) is 0 Å². The molecular weight excluding hydrogens is 425 g/mol. The molecule has 5 rings (SSSR count). The van der Waals surface area contributed by atoms with Crippen LogP contribution < -0.4 is 10.2 Å². The van der Waals surface area contributed by atoms with Gasteiger partial charge in [0.15, 0.2) is 5.76 Å². The Bertz CT molecular complexity index is 1280. The van der Waals surface area contributed by atoms with Gasteiger partial charge in [0, 0.05) is 50.2 Å². The van der Waals surface area contributed by atoms with Gasteiger partial charge in [0.2, 0.25) is 5.82 Å². The van der Waals surface area contributed by atoms with Crippen molar-refractivity contribution in [2.75, 3.05) is 44.2 Å². The normalized spacial score (nSPS) is 14.7. The molecule has 1 saturated heterocycles. The highest BCUT2D eigenvalue weighted by atomic mass is 19.1. The van der Waals surface area contributed by atoms with Crippen LogP contribution >= 0.6 is 0 Å². The number of hydrogen-bond donors (Lipinski definition) is 1. The van der Waals surface area contributed by atoms with Gasteiger partial charge in [-0.1, -0.05) is 35.5 Å². The summed E-state index contributed by atoms with van der Waals surface area (Å²) >= 11 is 0. The lowest BCUT2D eigenvalue weighted by Gasteiger charge is -2.36. The number of amides is 1. The molecule has 1 N–H and O–H groups in total. The van der Waals surface area contributed by atoms with Gasteiger partial charge in [-0.15, -0.1) is 0 Å². The summed E-state index contributed by atoms with van der Waals surface area (Å²) < 4.78 is 25.0. The highest BCUT2D eigenvalue weighted by Gasteiger charge is 2.22. The molecule has 8 nitrogen and oxygen atoms in total. The number of carbonyl (C=O) groups is 1. The van der Waals surface area contributed by atoms with E-state index in [-0.39, 0.29) is 17.5 Å². The van der Waals surface area contributed by atoms with Crippen LogP contribution in [0.2, 0.25) is 0 Å². The Morgan fingerprint density at radius 3 is 2.64 bits per heavy atom. The Hall–Kier alpha value is -3.72. The molecule has 3 heterocycles. The zero-order valence-corrected chi connectivity index (χ0v) is 18.3. The minimum atomic E-state index is -0.424. The lowest BCUT2D eigenvalue weighted by atomic mass is 10.1. The quantitative estimate of drug-likeness (QED) is 0.482. The van der Waals surface area contributed by atoms with Gasteiger partial charge in [-0.2, -0.15) is 4.98 Å². The van der Waals surface area contributed by atoms with Crippen molar-refractivity contribution >= 4 is 22.6 Å². The van der Waals surface area contributed by atoms with Gasteiger partial charge in [0.1, 0.15) is 11.4 Å². The summed E-state index contributed by atoms with van der Waals surface area (Å²) in [4.78, 5) is 20.9. The first-order valence-corrected chi connectivity index (χ1v) is 10.9. The van der Waals surface area contributed by atoms with E-state index in [0.717, 1.165) is 42.7 Å². The molecule has 33 heavy (non-hydrogen) atoms. The van der Waals surface area contributed by atoms with E-state index in [9.17, 15) is 9.18 Å². The van der Waals surface area contributed by atoms with Crippen molar-refractivity contribution in [1.29, 1.82) is 0 Å². The zero-order valence-electron chi connectivity index (χ0n) is 18.3. The summed E-state index contributed by atoms with van der Waals surface area (Å²) in [6, 6.07) is 14.5. The molecule has 0 spiro atoms. The average molecular weight is 449 g/mol. The van der Waals surface area contributed by atoms with Gasteiger partial charge < -0.3 is 19.2 Å². The predicted octanol–water partition coefficient (Wildman–Crippen LogP) is 3.48. The van der Waals surface area contributed by atoms with Crippen molar-refractivity contribution < 1.29 is 18.1 Å². The third-order valence-corrected chi connectivity index (χ3v) is 5.95. The van der Waals surface area contributed by atoms with Crippen molar-refractivity contribution in [3.63, 3.8) is 0 Å². The Morgan fingerprint density at radius 2 is 1.85 bits per heavy atom. The SMILES string of the molecule is Cc1c(-c2noc(C(=O)NCCN3CCN(c4ccccc4F)CC3)n2)oc2ccccc12. The van der Waals surface area contributed by atoms with Crippen molar-refractivity contribution in [2.45, 2.75) is 6.92 Å². The van der Waals surface area contributed by atoms with Crippen molar-refractivity contribution in [2.24, 2.45) is 0 Å². The number of fused-ring (bicyclic) bond motifs is 1. The maximum Gasteiger partial charge on any atom is 0.316 e. The van der Waals surface area contributed by atoms with E-state index < -0.39 is 5.91 Å². The van der Waals surface area contributed by atoms with E-state index in [2.05, 4.69) is 20.4 Å². The number of aromatic nitrogens is 2. The van der Waals surface area contributed by atoms with Crippen LogP contribution in [0.25, 0.3) is 22.6 Å². The van der Waals surface area contributed by atoms with Crippen LogP contribution in [0.15, 0.2) is 57.5 Å². The molecular formula is C24H24FN5O3. The number of anilines is 1. The number of para-hydroxylation sites is 2. The van der Waals surface area contributed by atoms with E-state index in [0.29, 0.717) is 24.5 Å². The van der Waals surface area contributed by atoms with Crippen LogP contribution in [0.4, 0.5) is 10.1 Å². The monoisotopic (exact) mass is 449 g/mol. The molecule has 1 amide bonds. The number of carbonyl (C=O) groups excluding carboxylic acids is 1. The maximum atomic E-state index is 14.0. The van der Waals surface area contributed by atoms with Gasteiger partial charge in [-0.05, 0) is 25.1 Å². The lowest BCUT2D eigenvalue weighted by Crippen LogP contribution is -2.48. The van der Waals surface area contributed by atoms with Gasteiger partial charge in [-0.3, -0.25) is 9.69 Å². The second kappa shape index (κ2) is 9.03. The molecule has 1 aliphatic heterocycles. The highest BCUT2D eigenvalue weighted by Crippen LogP contribution is 2.31. The fourth-order valence-corrected chi connectivity index (χ4v) is 4.12. The number of benzene rings is 2. The lowest BCUT2D eigenvalue weighted by molar-refractivity contribution is 0.0904. The minimum absolute atomic E-state index is 0.103. The topological polar surface area (TPSA) is 87.6 Å². The molecule has 0 saturated carbocycles. The first-order valence-electron chi connectivity index (χ1n) is 10.9. The first-order chi connectivity index (χ1) is 16.1. The molecule has 2 aromatic heterocycles. The third kappa shape index (κ3) is 4.31. The van der Waals surface area contributed by atoms with E-state index in [1.807, 2.05) is 42.2 Å². The van der Waals surface area contributed by atoms with E-state index in [4.69, 9.17) is 8.94 Å². The molecule has 4 aromatic rings. The van der Waals surface area contributed by atoms with E-state index >= 15 is 0 Å². The maximum absolute atomic E-state index is 14.0. The molecule has 2 aromatic carbocycles. The Kier molecular flexibility index (Phi) is 5.78. The number of hydrogen-bond acceptors (Lipinski definition) is 7. The largest absolute Gasteiger partial charge is 0.452 e. The highest BCUT2D eigenvalue weighted by molar-refractivity contribution is 5.90. The van der Waals surface area contributed by atoms with Crippen LogP contribution in [0.1, 0.15) is 16.2 Å². The molecule has 0 unspecified atom stereocenters. The zero-order chi connectivity index (χ0) is 22.8. The number of piperazine rings is 1. The number of furan rings is 1. The van der Waals surface area contributed by atoms with Gasteiger partial charge in [-0.25, -0.2) is 4.39 Å². The van der Waals surface area contributed by atoms with Crippen LogP contribution in [0.5, 0.6) is 0 Å². The molecule has 1 fully saturated rings. The van der Waals surface area contributed by atoms with Crippen LogP contribution in [-0.4, -0.2) is 60.2 Å². The Labute approximate surface area is 190 Å². The minimum Gasteiger partial charge on any atom is -0.452 e. The fourth-order valence-electron chi connectivity index (χ4n) is 4.12. The molecule has 9 heteroatoms.